The third kappa shape index (κ3) is 8.67. The first kappa shape index (κ1) is 24.8. The van der Waals surface area contributed by atoms with Gasteiger partial charge in [-0.15, -0.1) is 0 Å². The van der Waals surface area contributed by atoms with Crippen LogP contribution in [-0.4, -0.2) is 53.7 Å². The molecule has 0 amide bonds. The van der Waals surface area contributed by atoms with E-state index in [0.717, 1.165) is 64.4 Å². The van der Waals surface area contributed by atoms with E-state index in [4.69, 9.17) is 12.5 Å². The molecule has 1 saturated heterocycles. The topological polar surface area (TPSA) is 91.3 Å². The number of hydrogen-bond donors (Lipinski definition) is 1. The number of alkyl halides is 1. The molecule has 0 bridgehead atoms. The van der Waals surface area contributed by atoms with Crippen LogP contribution in [0.2, 0.25) is 0 Å². The fourth-order valence-electron chi connectivity index (χ4n) is 4.26. The molecule has 0 spiro atoms. The third-order valence-electron chi connectivity index (χ3n) is 5.79. The van der Waals surface area contributed by atoms with E-state index >= 15 is 0 Å². The molecule has 3 unspecified atom stereocenters. The number of methoxy groups -OCH3 is 1. The third-order valence-corrected chi connectivity index (χ3v) is 8.75. The number of ether oxygens (including phenoxy) is 3. The van der Waals surface area contributed by atoms with E-state index in [0.29, 0.717) is 16.3 Å². The standard InChI is InChI=1S/C21H36IO7/c1-15(24)29-22-18-13-19(28-21-11-7-8-12-27-21)17(14-23)16(18)9-5-3-4-6-10-20(25)26-2/h16-19,21,23H,3-14H2,1-2H3/q-1/t16?,17-,18?,19+,21?/m1/s1. The summed E-state index contributed by atoms with van der Waals surface area (Å²) >= 11 is -0.728. The van der Waals surface area contributed by atoms with Crippen molar-refractivity contribution in [1.29, 1.82) is 0 Å². The number of carbonyl (C=O) groups excluding carboxylic acids is 2. The van der Waals surface area contributed by atoms with Crippen LogP contribution in [0.15, 0.2) is 0 Å². The van der Waals surface area contributed by atoms with E-state index in [1.165, 1.54) is 14.0 Å². The van der Waals surface area contributed by atoms with Crippen LogP contribution >= 0.6 is 0 Å². The molecule has 1 N–H and O–H groups in total. The average molecular weight is 527 g/mol. The van der Waals surface area contributed by atoms with E-state index in [9.17, 15) is 14.7 Å². The van der Waals surface area contributed by atoms with Crippen LogP contribution in [0.25, 0.3) is 0 Å². The number of esters is 1. The minimum absolute atomic E-state index is 0.0346. The minimum atomic E-state index is -0.728. The first-order valence-corrected chi connectivity index (χ1v) is 12.9. The Kier molecular flexibility index (Phi) is 11.8. The molecular formula is C21H36IO7-. The molecule has 0 aromatic heterocycles. The van der Waals surface area contributed by atoms with Gasteiger partial charge in [-0.3, -0.25) is 0 Å². The summed E-state index contributed by atoms with van der Waals surface area (Å²) in [5, 5.41) is 10.1. The molecule has 1 aliphatic heterocycles. The van der Waals surface area contributed by atoms with Gasteiger partial charge in [0.15, 0.2) is 0 Å². The zero-order valence-electron chi connectivity index (χ0n) is 17.6. The fraction of sp³-hybridized carbons (Fsp3) is 0.905. The Balaban J connectivity index is 1.85. The van der Waals surface area contributed by atoms with Crippen molar-refractivity contribution < 1.29 is 53.6 Å². The van der Waals surface area contributed by atoms with Crippen molar-refractivity contribution in [3.8, 4) is 0 Å². The molecule has 2 rings (SSSR count). The molecule has 0 radical (unpaired) electrons. The Hall–Kier alpha value is -0.450. The molecule has 0 aromatic rings. The predicted molar refractivity (Wildman–Crippen MR) is 102 cm³/mol. The summed E-state index contributed by atoms with van der Waals surface area (Å²) < 4.78 is 22.4. The van der Waals surface area contributed by atoms with Crippen molar-refractivity contribution in [2.24, 2.45) is 11.8 Å². The van der Waals surface area contributed by atoms with Crippen molar-refractivity contribution in [2.45, 2.75) is 87.5 Å². The van der Waals surface area contributed by atoms with Crippen LogP contribution in [0.1, 0.15) is 71.1 Å². The second-order valence-corrected chi connectivity index (χ2v) is 10.5. The molecule has 5 atom stereocenters. The summed E-state index contributed by atoms with van der Waals surface area (Å²) in [5.41, 5.74) is 0. The Morgan fingerprint density at radius 2 is 1.93 bits per heavy atom. The van der Waals surface area contributed by atoms with Crippen LogP contribution in [0.4, 0.5) is 0 Å². The van der Waals surface area contributed by atoms with Crippen LogP contribution in [-0.2, 0) is 26.9 Å². The number of unbranched alkanes of at least 4 members (excludes halogenated alkanes) is 3. The summed E-state index contributed by atoms with van der Waals surface area (Å²) in [7, 11) is 1.42. The van der Waals surface area contributed by atoms with Gasteiger partial charge < -0.3 is 0 Å². The summed E-state index contributed by atoms with van der Waals surface area (Å²) in [6, 6.07) is 0. The second kappa shape index (κ2) is 13.8. The molecule has 29 heavy (non-hydrogen) atoms. The van der Waals surface area contributed by atoms with Gasteiger partial charge in [-0.25, -0.2) is 0 Å². The van der Waals surface area contributed by atoms with Crippen molar-refractivity contribution in [2.75, 3.05) is 20.3 Å². The molecule has 1 aliphatic carbocycles. The summed E-state index contributed by atoms with van der Waals surface area (Å²) in [6.07, 6.45) is 9.09. The van der Waals surface area contributed by atoms with Gasteiger partial charge in [-0.1, -0.05) is 0 Å². The molecule has 2 aliphatic rings. The Labute approximate surface area is 185 Å². The second-order valence-electron chi connectivity index (χ2n) is 7.92. The first-order chi connectivity index (χ1) is 14.0. The number of aliphatic hydroxyl groups is 1. The van der Waals surface area contributed by atoms with E-state index < -0.39 is 21.6 Å². The van der Waals surface area contributed by atoms with Crippen molar-refractivity contribution in [3.63, 3.8) is 0 Å². The Morgan fingerprint density at radius 3 is 2.59 bits per heavy atom. The summed E-state index contributed by atoms with van der Waals surface area (Å²) in [5.74, 6) is -0.00523. The maximum atomic E-state index is 11.3. The van der Waals surface area contributed by atoms with Gasteiger partial charge in [0.1, 0.15) is 0 Å². The fourth-order valence-corrected chi connectivity index (χ4v) is 6.92. The van der Waals surface area contributed by atoms with Gasteiger partial charge in [-0.05, 0) is 0 Å². The molecule has 170 valence electrons. The van der Waals surface area contributed by atoms with Crippen molar-refractivity contribution in [1.82, 2.24) is 0 Å². The average Bonchev–Trinajstić information content (AvgIpc) is 3.05. The van der Waals surface area contributed by atoms with E-state index in [1.807, 2.05) is 0 Å². The number of halogens is 1. The Bertz CT molecular complexity index is 495. The first-order valence-electron chi connectivity index (χ1n) is 10.8. The van der Waals surface area contributed by atoms with E-state index in [-0.39, 0.29) is 36.9 Å². The van der Waals surface area contributed by atoms with E-state index in [2.05, 4.69) is 4.74 Å². The van der Waals surface area contributed by atoms with Gasteiger partial charge in [0.2, 0.25) is 0 Å². The molecular weight excluding hydrogens is 491 g/mol. The van der Waals surface area contributed by atoms with Crippen LogP contribution < -0.4 is 21.6 Å². The molecule has 7 nitrogen and oxygen atoms in total. The van der Waals surface area contributed by atoms with Crippen molar-refractivity contribution >= 4 is 11.9 Å². The molecule has 8 heteroatoms. The number of aliphatic hydroxyl groups excluding tert-OH is 1. The van der Waals surface area contributed by atoms with Gasteiger partial charge >= 0.3 is 185 Å². The Morgan fingerprint density at radius 1 is 1.14 bits per heavy atom. The quantitative estimate of drug-likeness (QED) is 0.165. The molecule has 0 aromatic carbocycles. The van der Waals surface area contributed by atoms with Gasteiger partial charge in [-0.2, -0.15) is 0 Å². The van der Waals surface area contributed by atoms with Gasteiger partial charge in [0.25, 0.3) is 0 Å². The summed E-state index contributed by atoms with van der Waals surface area (Å²) in [4.78, 5) is 22.5. The van der Waals surface area contributed by atoms with Gasteiger partial charge in [0, 0.05) is 0 Å². The van der Waals surface area contributed by atoms with Crippen LogP contribution in [0.5, 0.6) is 0 Å². The number of hydrogen-bond acceptors (Lipinski definition) is 7. The number of carbonyl (C=O) groups is 2. The van der Waals surface area contributed by atoms with Crippen LogP contribution in [0, 0.1) is 11.8 Å². The monoisotopic (exact) mass is 527 g/mol. The van der Waals surface area contributed by atoms with Crippen molar-refractivity contribution in [3.05, 3.63) is 0 Å². The zero-order valence-corrected chi connectivity index (χ0v) is 19.8. The van der Waals surface area contributed by atoms with E-state index in [1.54, 1.807) is 0 Å². The summed E-state index contributed by atoms with van der Waals surface area (Å²) in [6.45, 7) is 2.28. The predicted octanol–water partition coefficient (Wildman–Crippen LogP) is -0.0241. The SMILES string of the molecule is COC(=O)CCCCCCC1C([I-]OC(C)=O)C[C@H](OC2CCCCO2)[C@@H]1CO. The normalized spacial score (nSPS) is 29.7. The zero-order chi connectivity index (χ0) is 21.1. The molecule has 2 fully saturated rings. The number of rotatable bonds is 12. The molecule has 1 heterocycles. The molecule has 1 saturated carbocycles. The van der Waals surface area contributed by atoms with Crippen LogP contribution in [0.3, 0.4) is 0 Å². The van der Waals surface area contributed by atoms with Gasteiger partial charge in [0.05, 0.1) is 0 Å². The maximum absolute atomic E-state index is 11.3.